The van der Waals surface area contributed by atoms with Gasteiger partial charge in [0.25, 0.3) is 0 Å². The van der Waals surface area contributed by atoms with Crippen LogP contribution in [0.2, 0.25) is 0 Å². The number of nitrogens with one attached hydrogen (secondary N) is 1. The Morgan fingerprint density at radius 2 is 1.76 bits per heavy atom. The summed E-state index contributed by atoms with van der Waals surface area (Å²) < 4.78 is 37.5. The average Bonchev–Trinajstić information content (AvgIpc) is 2.81. The molecule has 0 bridgehead atoms. The summed E-state index contributed by atoms with van der Waals surface area (Å²) >= 11 is 0. The minimum absolute atomic E-state index is 0.0163. The van der Waals surface area contributed by atoms with Crippen LogP contribution >= 0.6 is 0 Å². The van der Waals surface area contributed by atoms with E-state index in [1.165, 1.54) is 4.31 Å². The van der Waals surface area contributed by atoms with Crippen molar-refractivity contribution in [3.05, 3.63) is 60.2 Å². The summed E-state index contributed by atoms with van der Waals surface area (Å²) in [5.74, 6) is -0.113. The summed E-state index contributed by atoms with van der Waals surface area (Å²) in [6, 6.07) is 17.8. The van der Waals surface area contributed by atoms with Crippen LogP contribution in [0.1, 0.15) is 24.8 Å². The Kier molecular flexibility index (Phi) is 8.00. The third kappa shape index (κ3) is 6.43. The number of hydrogen-bond donors (Lipinski definition) is 2. The van der Waals surface area contributed by atoms with E-state index in [-0.39, 0.29) is 38.2 Å². The van der Waals surface area contributed by atoms with E-state index in [9.17, 15) is 18.3 Å². The Hall–Kier alpha value is -2.30. The largest absolute Gasteiger partial charge is 0.389 e. The molecule has 2 N–H and O–H groups in total. The molecule has 2 aliphatic heterocycles. The van der Waals surface area contributed by atoms with Gasteiger partial charge in [-0.05, 0) is 29.5 Å². The van der Waals surface area contributed by atoms with E-state index < -0.39 is 28.3 Å². The number of rotatable bonds is 6. The highest BCUT2D eigenvalue weighted by molar-refractivity contribution is 7.88. The van der Waals surface area contributed by atoms with Crippen molar-refractivity contribution < 1.29 is 27.8 Å². The van der Waals surface area contributed by atoms with Gasteiger partial charge >= 0.3 is 0 Å². The number of carbonyl (C=O) groups excluding carboxylic acids is 1. The van der Waals surface area contributed by atoms with Crippen molar-refractivity contribution in [1.82, 2.24) is 9.62 Å². The minimum Gasteiger partial charge on any atom is -0.389 e. The molecule has 4 atom stereocenters. The number of amides is 1. The lowest BCUT2D eigenvalue weighted by molar-refractivity contribution is -0.146. The zero-order valence-corrected chi connectivity index (χ0v) is 20.1. The van der Waals surface area contributed by atoms with Crippen molar-refractivity contribution in [2.75, 3.05) is 26.0 Å². The first-order chi connectivity index (χ1) is 16.3. The van der Waals surface area contributed by atoms with E-state index in [2.05, 4.69) is 17.4 Å². The summed E-state index contributed by atoms with van der Waals surface area (Å²) in [6.45, 7) is 0.638. The zero-order chi connectivity index (χ0) is 24.1. The molecule has 0 unspecified atom stereocenters. The van der Waals surface area contributed by atoms with Crippen LogP contribution in [0.25, 0.3) is 11.1 Å². The highest BCUT2D eigenvalue weighted by Gasteiger charge is 2.41. The molecule has 0 aromatic heterocycles. The normalized spacial score (nSPS) is 26.2. The van der Waals surface area contributed by atoms with Gasteiger partial charge in [-0.3, -0.25) is 4.79 Å². The van der Waals surface area contributed by atoms with E-state index in [1.807, 2.05) is 42.5 Å². The summed E-state index contributed by atoms with van der Waals surface area (Å²) in [4.78, 5) is 12.6. The number of nitrogens with zero attached hydrogens (tertiary/aromatic N) is 1. The number of fused-ring (bicyclic) bond motifs is 1. The van der Waals surface area contributed by atoms with Crippen molar-refractivity contribution in [1.29, 1.82) is 0 Å². The maximum atomic E-state index is 12.6. The average molecular weight is 489 g/mol. The second kappa shape index (κ2) is 11.0. The Morgan fingerprint density at radius 3 is 2.47 bits per heavy atom. The van der Waals surface area contributed by atoms with E-state index in [1.54, 1.807) is 0 Å². The molecule has 0 radical (unpaired) electrons. The van der Waals surface area contributed by atoms with Crippen LogP contribution in [-0.2, 0) is 30.8 Å². The van der Waals surface area contributed by atoms with Crippen LogP contribution in [0, 0.1) is 0 Å². The van der Waals surface area contributed by atoms with Crippen molar-refractivity contribution in [3.63, 3.8) is 0 Å². The number of β-amino-alcohol motifs (C(OH)–C–C–N with tert-alkyl or cyclic N) is 1. The van der Waals surface area contributed by atoms with E-state index in [4.69, 9.17) is 9.47 Å². The number of hydrogen-bond acceptors (Lipinski definition) is 6. The molecule has 2 aliphatic rings. The van der Waals surface area contributed by atoms with E-state index in [0.717, 1.165) is 22.9 Å². The second-order valence-electron chi connectivity index (χ2n) is 9.01. The fourth-order valence-corrected chi connectivity index (χ4v) is 5.78. The lowest BCUT2D eigenvalue weighted by Gasteiger charge is -2.43. The molecule has 0 spiro atoms. The molecule has 2 aromatic rings. The topological polar surface area (TPSA) is 105 Å². The molecule has 2 heterocycles. The Bertz CT molecular complexity index is 1060. The molecular formula is C25H32N2O6S. The predicted molar refractivity (Wildman–Crippen MR) is 128 cm³/mol. The van der Waals surface area contributed by atoms with Crippen LogP contribution in [0.3, 0.4) is 0 Å². The van der Waals surface area contributed by atoms with Crippen LogP contribution in [0.15, 0.2) is 54.6 Å². The van der Waals surface area contributed by atoms with Gasteiger partial charge in [-0.2, -0.15) is 4.31 Å². The molecule has 2 fully saturated rings. The molecule has 34 heavy (non-hydrogen) atoms. The third-order valence-electron chi connectivity index (χ3n) is 6.32. The molecule has 0 aliphatic carbocycles. The van der Waals surface area contributed by atoms with Crippen LogP contribution < -0.4 is 5.32 Å². The molecule has 9 heteroatoms. The molecule has 8 nitrogen and oxygen atoms in total. The first-order valence-electron chi connectivity index (χ1n) is 11.6. The first-order valence-corrected chi connectivity index (χ1v) is 13.4. The molecule has 184 valence electrons. The molecule has 2 aromatic carbocycles. The van der Waals surface area contributed by atoms with Gasteiger partial charge in [0.1, 0.15) is 0 Å². The Labute approximate surface area is 200 Å². The van der Waals surface area contributed by atoms with E-state index in [0.29, 0.717) is 19.4 Å². The maximum absolute atomic E-state index is 12.6. The third-order valence-corrected chi connectivity index (χ3v) is 7.60. The summed E-state index contributed by atoms with van der Waals surface area (Å²) in [5, 5.41) is 13.0. The number of carbonyl (C=O) groups is 1. The van der Waals surface area contributed by atoms with Crippen molar-refractivity contribution in [2.45, 2.75) is 50.2 Å². The molecule has 2 saturated heterocycles. The van der Waals surface area contributed by atoms with Gasteiger partial charge in [0.05, 0.1) is 50.2 Å². The van der Waals surface area contributed by atoms with Gasteiger partial charge in [-0.15, -0.1) is 0 Å². The Balaban J connectivity index is 1.29. The predicted octanol–water partition coefficient (Wildman–Crippen LogP) is 1.93. The fourth-order valence-electron chi connectivity index (χ4n) is 4.60. The molecular weight excluding hydrogens is 456 g/mol. The summed E-state index contributed by atoms with van der Waals surface area (Å²) in [6.07, 6.45) is 0.795. The maximum Gasteiger partial charge on any atom is 0.222 e. The molecule has 1 amide bonds. The minimum atomic E-state index is -3.51. The van der Waals surface area contributed by atoms with Crippen LogP contribution in [-0.4, -0.2) is 74.1 Å². The number of aliphatic hydroxyl groups excluding tert-OH is 1. The van der Waals surface area contributed by atoms with Gasteiger partial charge in [0.15, 0.2) is 0 Å². The van der Waals surface area contributed by atoms with Gasteiger partial charge < -0.3 is 19.9 Å². The van der Waals surface area contributed by atoms with Gasteiger partial charge in [-0.1, -0.05) is 54.6 Å². The standard InChI is InChI=1S/C25H32N2O6S/c1-34(30,31)27-15-21(28)16-32-17-24-23(27)12-11-22(33-24)13-25(29)26-14-18-7-9-20(10-8-18)19-5-3-2-4-6-19/h2-10,21-24,28H,11-17H2,1H3,(H,26,29)/t21-,22-,23+,24-/m0/s1. The van der Waals surface area contributed by atoms with Crippen molar-refractivity contribution in [3.8, 4) is 11.1 Å². The van der Waals surface area contributed by atoms with Gasteiger partial charge in [-0.25, -0.2) is 8.42 Å². The molecule has 4 rings (SSSR count). The van der Waals surface area contributed by atoms with Crippen molar-refractivity contribution >= 4 is 15.9 Å². The fraction of sp³-hybridized carbons (Fsp3) is 0.480. The lowest BCUT2D eigenvalue weighted by Crippen LogP contribution is -2.57. The number of ether oxygens (including phenoxy) is 2. The number of benzene rings is 2. The quantitative estimate of drug-likeness (QED) is 0.644. The first kappa shape index (κ1) is 24.8. The highest BCUT2D eigenvalue weighted by atomic mass is 32.2. The lowest BCUT2D eigenvalue weighted by atomic mass is 9.96. The van der Waals surface area contributed by atoms with Crippen LogP contribution in [0.5, 0.6) is 0 Å². The smallest absolute Gasteiger partial charge is 0.222 e. The second-order valence-corrected chi connectivity index (χ2v) is 10.9. The highest BCUT2D eigenvalue weighted by Crippen LogP contribution is 2.29. The van der Waals surface area contributed by atoms with Crippen LogP contribution in [0.4, 0.5) is 0 Å². The number of sulfonamides is 1. The number of aliphatic hydroxyl groups is 1. The SMILES string of the molecule is CS(=O)(=O)N1C[C@H](O)COC[C@@H]2O[C@H](CC(=O)NCc3ccc(-c4ccccc4)cc3)CC[C@H]21. The summed E-state index contributed by atoms with van der Waals surface area (Å²) in [7, 11) is -3.51. The monoisotopic (exact) mass is 488 g/mol. The van der Waals surface area contributed by atoms with Gasteiger partial charge in [0.2, 0.25) is 15.9 Å². The summed E-state index contributed by atoms with van der Waals surface area (Å²) in [5.41, 5.74) is 3.28. The zero-order valence-electron chi connectivity index (χ0n) is 19.3. The Morgan fingerprint density at radius 1 is 1.06 bits per heavy atom. The van der Waals surface area contributed by atoms with Crippen molar-refractivity contribution in [2.24, 2.45) is 0 Å². The van der Waals surface area contributed by atoms with E-state index >= 15 is 0 Å². The molecule has 0 saturated carbocycles. The van der Waals surface area contributed by atoms with Gasteiger partial charge in [0, 0.05) is 13.1 Å².